The van der Waals surface area contributed by atoms with Crippen molar-refractivity contribution in [3.05, 3.63) is 28.2 Å². The van der Waals surface area contributed by atoms with Crippen molar-refractivity contribution in [3.63, 3.8) is 0 Å². The van der Waals surface area contributed by atoms with Crippen molar-refractivity contribution in [3.8, 4) is 5.75 Å². The highest BCUT2D eigenvalue weighted by Gasteiger charge is 2.17. The van der Waals surface area contributed by atoms with Gasteiger partial charge in [0.2, 0.25) is 0 Å². The van der Waals surface area contributed by atoms with Crippen LogP contribution in [0, 0.1) is 0 Å². The van der Waals surface area contributed by atoms with Crippen LogP contribution in [-0.4, -0.2) is 28.4 Å². The van der Waals surface area contributed by atoms with Gasteiger partial charge in [0.15, 0.2) is 0 Å². The molecule has 1 aromatic carbocycles. The molecule has 0 saturated heterocycles. The average molecular weight is 289 g/mol. The summed E-state index contributed by atoms with van der Waals surface area (Å²) in [6.45, 7) is 3.21. The van der Waals surface area contributed by atoms with E-state index in [2.05, 4.69) is 15.9 Å². The molecule has 0 fully saturated rings. The van der Waals surface area contributed by atoms with Crippen molar-refractivity contribution in [2.45, 2.75) is 19.4 Å². The lowest BCUT2D eigenvalue weighted by molar-refractivity contribution is 0.0275. The number of hydrogen-bond donors (Lipinski definition) is 2. The van der Waals surface area contributed by atoms with E-state index in [0.717, 1.165) is 4.47 Å². The first-order valence-corrected chi connectivity index (χ1v) is 5.47. The van der Waals surface area contributed by atoms with Crippen LogP contribution in [0.25, 0.3) is 0 Å². The van der Waals surface area contributed by atoms with E-state index >= 15 is 0 Å². The molecule has 0 unspecified atom stereocenters. The predicted molar refractivity (Wildman–Crippen MR) is 62.9 cm³/mol. The maximum atomic E-state index is 10.9. The van der Waals surface area contributed by atoms with Crippen molar-refractivity contribution >= 4 is 21.9 Å². The Balaban J connectivity index is 2.93. The molecule has 0 saturated carbocycles. The Kier molecular flexibility index (Phi) is 3.93. The third kappa shape index (κ3) is 3.83. The molecule has 0 aliphatic heterocycles. The van der Waals surface area contributed by atoms with Crippen LogP contribution in [0.1, 0.15) is 24.2 Å². The van der Waals surface area contributed by atoms with Gasteiger partial charge in [-0.1, -0.05) is 15.9 Å². The Morgan fingerprint density at radius 3 is 2.62 bits per heavy atom. The van der Waals surface area contributed by atoms with Crippen LogP contribution in [0.2, 0.25) is 0 Å². The van der Waals surface area contributed by atoms with Crippen LogP contribution in [0.15, 0.2) is 22.7 Å². The topological polar surface area (TPSA) is 66.8 Å². The normalized spacial score (nSPS) is 11.2. The van der Waals surface area contributed by atoms with Gasteiger partial charge in [-0.15, -0.1) is 0 Å². The second kappa shape index (κ2) is 4.84. The molecule has 0 radical (unpaired) electrons. The largest absolute Gasteiger partial charge is 0.490 e. The van der Waals surface area contributed by atoms with Crippen molar-refractivity contribution < 1.29 is 19.7 Å². The van der Waals surface area contributed by atoms with Crippen molar-refractivity contribution in [1.29, 1.82) is 0 Å². The summed E-state index contributed by atoms with van der Waals surface area (Å²) in [6, 6.07) is 4.64. The minimum atomic E-state index is -1.06. The van der Waals surface area contributed by atoms with E-state index in [4.69, 9.17) is 9.84 Å². The summed E-state index contributed by atoms with van der Waals surface area (Å²) in [5.41, 5.74) is -0.926. The van der Waals surface area contributed by atoms with Crippen LogP contribution in [0.5, 0.6) is 5.75 Å². The van der Waals surface area contributed by atoms with Gasteiger partial charge in [-0.05, 0) is 32.0 Å². The third-order valence-electron chi connectivity index (χ3n) is 1.75. The monoisotopic (exact) mass is 288 g/mol. The zero-order valence-corrected chi connectivity index (χ0v) is 10.6. The smallest absolute Gasteiger partial charge is 0.339 e. The molecule has 2 N–H and O–H groups in total. The van der Waals surface area contributed by atoms with Gasteiger partial charge in [-0.2, -0.15) is 0 Å². The summed E-state index contributed by atoms with van der Waals surface area (Å²) in [7, 11) is 0. The number of benzene rings is 1. The molecule has 5 heteroatoms. The fraction of sp³-hybridized carbons (Fsp3) is 0.364. The number of aromatic carboxylic acids is 1. The maximum absolute atomic E-state index is 10.9. The van der Waals surface area contributed by atoms with Crippen LogP contribution in [0.3, 0.4) is 0 Å². The van der Waals surface area contributed by atoms with Crippen LogP contribution in [0.4, 0.5) is 0 Å². The number of hydrogen-bond acceptors (Lipinski definition) is 3. The molecule has 16 heavy (non-hydrogen) atoms. The number of carbonyl (C=O) groups is 1. The summed E-state index contributed by atoms with van der Waals surface area (Å²) in [6.07, 6.45) is 0. The van der Waals surface area contributed by atoms with Gasteiger partial charge < -0.3 is 14.9 Å². The zero-order chi connectivity index (χ0) is 12.3. The number of carboxylic acids is 1. The first-order chi connectivity index (χ1) is 7.29. The van der Waals surface area contributed by atoms with Gasteiger partial charge >= 0.3 is 5.97 Å². The highest BCUT2D eigenvalue weighted by molar-refractivity contribution is 9.10. The van der Waals surface area contributed by atoms with Gasteiger partial charge in [0, 0.05) is 4.47 Å². The maximum Gasteiger partial charge on any atom is 0.339 e. The second-order valence-corrected chi connectivity index (χ2v) is 4.96. The molecular formula is C11H13BrO4. The number of ether oxygens (including phenoxy) is 1. The van der Waals surface area contributed by atoms with E-state index in [-0.39, 0.29) is 17.9 Å². The van der Waals surface area contributed by atoms with Crippen molar-refractivity contribution in [1.82, 2.24) is 0 Å². The molecule has 0 aliphatic rings. The summed E-state index contributed by atoms with van der Waals surface area (Å²) in [5, 5.41) is 18.4. The van der Waals surface area contributed by atoms with E-state index in [1.807, 2.05) is 0 Å². The molecule has 0 aliphatic carbocycles. The number of rotatable bonds is 4. The first-order valence-electron chi connectivity index (χ1n) is 4.67. The minimum Gasteiger partial charge on any atom is -0.490 e. The summed E-state index contributed by atoms with van der Waals surface area (Å²) >= 11 is 3.23. The molecule has 0 atom stereocenters. The Labute approximate surface area is 102 Å². The number of carboxylic acid groups (broad SMARTS) is 1. The Hall–Kier alpha value is -1.07. The molecule has 88 valence electrons. The first kappa shape index (κ1) is 13.0. The third-order valence-corrected chi connectivity index (χ3v) is 2.25. The fourth-order valence-corrected chi connectivity index (χ4v) is 1.39. The highest BCUT2D eigenvalue weighted by Crippen LogP contribution is 2.24. The van der Waals surface area contributed by atoms with Gasteiger partial charge in [-0.25, -0.2) is 4.79 Å². The second-order valence-electron chi connectivity index (χ2n) is 4.05. The van der Waals surface area contributed by atoms with Gasteiger partial charge in [0.05, 0.1) is 5.60 Å². The summed E-state index contributed by atoms with van der Waals surface area (Å²) < 4.78 is 6.01. The SMILES string of the molecule is CC(C)(O)COc1cc(Br)ccc1C(=O)O. The van der Waals surface area contributed by atoms with E-state index in [9.17, 15) is 9.90 Å². The van der Waals surface area contributed by atoms with Gasteiger partial charge in [-0.3, -0.25) is 0 Å². The number of aliphatic hydroxyl groups is 1. The quantitative estimate of drug-likeness (QED) is 0.892. The van der Waals surface area contributed by atoms with Crippen molar-refractivity contribution in [2.24, 2.45) is 0 Å². The standard InChI is InChI=1S/C11H13BrO4/c1-11(2,15)6-16-9-5-7(12)3-4-8(9)10(13)14/h3-5,15H,6H2,1-2H3,(H,13,14). The predicted octanol–water partition coefficient (Wildman–Crippen LogP) is 2.30. The molecule has 1 aromatic rings. The zero-order valence-electron chi connectivity index (χ0n) is 9.03. The van der Waals surface area contributed by atoms with E-state index in [1.54, 1.807) is 26.0 Å². The average Bonchev–Trinajstić information content (AvgIpc) is 2.13. The van der Waals surface area contributed by atoms with Crippen LogP contribution in [-0.2, 0) is 0 Å². The summed E-state index contributed by atoms with van der Waals surface area (Å²) in [5.74, 6) is -0.817. The highest BCUT2D eigenvalue weighted by atomic mass is 79.9. The van der Waals surface area contributed by atoms with Crippen LogP contribution >= 0.6 is 15.9 Å². The molecule has 0 heterocycles. The molecule has 0 aromatic heterocycles. The van der Waals surface area contributed by atoms with Gasteiger partial charge in [0.1, 0.15) is 17.9 Å². The lowest BCUT2D eigenvalue weighted by Crippen LogP contribution is -2.28. The molecule has 1 rings (SSSR count). The minimum absolute atomic E-state index is 0.0315. The molecule has 0 spiro atoms. The van der Waals surface area contributed by atoms with Gasteiger partial charge in [0.25, 0.3) is 0 Å². The molecule has 0 bridgehead atoms. The number of halogens is 1. The molecule has 4 nitrogen and oxygen atoms in total. The summed E-state index contributed by atoms with van der Waals surface area (Å²) in [4.78, 5) is 10.9. The lowest BCUT2D eigenvalue weighted by atomic mass is 10.1. The molecular weight excluding hydrogens is 276 g/mol. The van der Waals surface area contributed by atoms with Crippen molar-refractivity contribution in [2.75, 3.05) is 6.61 Å². The Morgan fingerprint density at radius 1 is 1.50 bits per heavy atom. The van der Waals surface area contributed by atoms with E-state index in [1.165, 1.54) is 6.07 Å². The van der Waals surface area contributed by atoms with Crippen LogP contribution < -0.4 is 4.74 Å². The Morgan fingerprint density at radius 2 is 2.12 bits per heavy atom. The van der Waals surface area contributed by atoms with E-state index in [0.29, 0.717) is 0 Å². The lowest BCUT2D eigenvalue weighted by Gasteiger charge is -2.18. The van der Waals surface area contributed by atoms with E-state index < -0.39 is 11.6 Å². The molecule has 0 amide bonds. The Bertz CT molecular complexity index is 395. The fourth-order valence-electron chi connectivity index (χ4n) is 1.05.